The number of oxime groups is 1. The molecule has 0 aromatic carbocycles. The number of carbonyl (C=O) groups excluding carboxylic acids is 1. The maximum absolute atomic E-state index is 11.9. The molecule has 1 aliphatic rings. The highest BCUT2D eigenvalue weighted by atomic mass is 16.6. The lowest BCUT2D eigenvalue weighted by molar-refractivity contribution is -0.121. The second-order valence-corrected chi connectivity index (χ2v) is 9.81. The molecule has 4 nitrogen and oxygen atoms in total. The number of rotatable bonds is 14. The number of nitrogens with one attached hydrogen (secondary N) is 1. The Balaban J connectivity index is 2.08. The van der Waals surface area contributed by atoms with Gasteiger partial charge in [-0.05, 0) is 32.1 Å². The van der Waals surface area contributed by atoms with Gasteiger partial charge in [-0.3, -0.25) is 4.79 Å². The maximum Gasteiger partial charge on any atom is 0.220 e. The highest BCUT2D eigenvalue weighted by Gasteiger charge is 2.06. The molecule has 0 radical (unpaired) electrons. The predicted molar refractivity (Wildman–Crippen MR) is 138 cm³/mol. The van der Waals surface area contributed by atoms with E-state index in [0.717, 1.165) is 38.0 Å². The number of carbonyl (C=O) groups is 1. The molecule has 0 spiro atoms. The van der Waals surface area contributed by atoms with E-state index in [0.29, 0.717) is 13.0 Å². The Bertz CT molecular complexity index is 451. The van der Waals surface area contributed by atoms with Gasteiger partial charge in [0.1, 0.15) is 6.61 Å². The van der Waals surface area contributed by atoms with Crippen LogP contribution in [0.2, 0.25) is 0 Å². The summed E-state index contributed by atoms with van der Waals surface area (Å²) in [5.41, 5.74) is 1.12. The van der Waals surface area contributed by atoms with Crippen LogP contribution in [-0.2, 0) is 9.63 Å². The fourth-order valence-electron chi connectivity index (χ4n) is 4.47. The normalized spacial score (nSPS) is 18.7. The second-order valence-electron chi connectivity index (χ2n) is 9.81. The molecule has 1 amide bonds. The quantitative estimate of drug-likeness (QED) is 0.213. The summed E-state index contributed by atoms with van der Waals surface area (Å²) in [6.07, 6.45) is 28.7. The average molecular weight is 451 g/mol. The van der Waals surface area contributed by atoms with Crippen LogP contribution in [0, 0.1) is 0 Å². The van der Waals surface area contributed by atoms with Crippen molar-refractivity contribution in [3.8, 4) is 0 Å². The van der Waals surface area contributed by atoms with Gasteiger partial charge in [0.15, 0.2) is 0 Å². The van der Waals surface area contributed by atoms with Gasteiger partial charge in [0.2, 0.25) is 5.91 Å². The van der Waals surface area contributed by atoms with Crippen LogP contribution in [0.15, 0.2) is 5.16 Å². The van der Waals surface area contributed by atoms with Gasteiger partial charge in [-0.1, -0.05) is 115 Å². The van der Waals surface area contributed by atoms with Crippen LogP contribution in [0.4, 0.5) is 0 Å². The van der Waals surface area contributed by atoms with E-state index < -0.39 is 0 Å². The van der Waals surface area contributed by atoms with Crippen LogP contribution in [0.3, 0.4) is 0 Å². The van der Waals surface area contributed by atoms with Crippen molar-refractivity contribution < 1.29 is 9.63 Å². The summed E-state index contributed by atoms with van der Waals surface area (Å²) in [5.74, 6) is 0.191. The zero-order chi connectivity index (χ0) is 23.0. The van der Waals surface area contributed by atoms with Gasteiger partial charge >= 0.3 is 0 Å². The van der Waals surface area contributed by atoms with Crippen LogP contribution in [-0.4, -0.2) is 24.8 Å². The van der Waals surface area contributed by atoms with Gasteiger partial charge in [0.05, 0.1) is 5.71 Å². The average Bonchev–Trinajstić information content (AvgIpc) is 2.80. The number of unbranched alkanes of at least 4 members (excludes halogenated alkanes) is 11. The minimum absolute atomic E-state index is 0.191. The zero-order valence-electron chi connectivity index (χ0n) is 21.4. The molecular formula is C28H54N2O2. The highest BCUT2D eigenvalue weighted by Crippen LogP contribution is 2.13. The Morgan fingerprint density at radius 1 is 0.656 bits per heavy atom. The summed E-state index contributed by atoms with van der Waals surface area (Å²) >= 11 is 0. The van der Waals surface area contributed by atoms with Gasteiger partial charge in [-0.25, -0.2) is 0 Å². The van der Waals surface area contributed by atoms with Crippen LogP contribution >= 0.6 is 0 Å². The van der Waals surface area contributed by atoms with Gasteiger partial charge in [0, 0.05) is 19.4 Å². The van der Waals surface area contributed by atoms with Crippen molar-refractivity contribution in [1.29, 1.82) is 0 Å². The van der Waals surface area contributed by atoms with Gasteiger partial charge in [-0.2, -0.15) is 0 Å². The lowest BCUT2D eigenvalue weighted by Gasteiger charge is -2.08. The molecule has 188 valence electrons. The lowest BCUT2D eigenvalue weighted by atomic mass is 10.0. The molecule has 1 heterocycles. The third-order valence-corrected chi connectivity index (χ3v) is 6.64. The number of hydrogen-bond donors (Lipinski definition) is 1. The predicted octanol–water partition coefficient (Wildman–Crippen LogP) is 8.48. The number of hydrogen-bond acceptors (Lipinski definition) is 3. The third kappa shape index (κ3) is 19.6. The van der Waals surface area contributed by atoms with Gasteiger partial charge in [-0.15, -0.1) is 0 Å². The Morgan fingerprint density at radius 3 is 1.75 bits per heavy atom. The number of nitrogens with zero attached hydrogens (tertiary/aromatic N) is 1. The topological polar surface area (TPSA) is 50.7 Å². The minimum Gasteiger partial charge on any atom is -0.396 e. The first-order chi connectivity index (χ1) is 15.8. The minimum atomic E-state index is 0.191. The Morgan fingerprint density at radius 2 is 1.16 bits per heavy atom. The molecular weight excluding hydrogens is 396 g/mol. The van der Waals surface area contributed by atoms with E-state index in [1.54, 1.807) is 0 Å². The molecule has 1 aliphatic heterocycles. The Kier molecular flexibility index (Phi) is 20.9. The fraction of sp³-hybridized carbons (Fsp3) is 0.929. The van der Waals surface area contributed by atoms with E-state index in [1.165, 1.54) is 116 Å². The van der Waals surface area contributed by atoms with Crippen LogP contribution in [0.1, 0.15) is 155 Å². The van der Waals surface area contributed by atoms with Crippen molar-refractivity contribution in [3.05, 3.63) is 0 Å². The van der Waals surface area contributed by atoms with E-state index in [4.69, 9.17) is 4.84 Å². The summed E-state index contributed by atoms with van der Waals surface area (Å²) in [6, 6.07) is 0. The van der Waals surface area contributed by atoms with Gasteiger partial charge in [0.25, 0.3) is 0 Å². The third-order valence-electron chi connectivity index (χ3n) is 6.64. The van der Waals surface area contributed by atoms with Crippen LogP contribution in [0.5, 0.6) is 0 Å². The first kappa shape index (κ1) is 29.0. The molecule has 0 atom stereocenters. The van der Waals surface area contributed by atoms with E-state index in [2.05, 4.69) is 17.4 Å². The highest BCUT2D eigenvalue weighted by molar-refractivity contribution is 5.84. The molecule has 0 bridgehead atoms. The van der Waals surface area contributed by atoms with Crippen LogP contribution < -0.4 is 5.32 Å². The van der Waals surface area contributed by atoms with Crippen LogP contribution in [0.25, 0.3) is 0 Å². The monoisotopic (exact) mass is 450 g/mol. The zero-order valence-corrected chi connectivity index (χ0v) is 21.4. The first-order valence-electron chi connectivity index (χ1n) is 14.3. The molecule has 1 N–H and O–H groups in total. The van der Waals surface area contributed by atoms with Crippen molar-refractivity contribution in [2.24, 2.45) is 5.16 Å². The SMILES string of the molecule is CCCCCCCCCCCCCCO/N=C1\CCCCCCCCCCC(=O)NCC1. The van der Waals surface area contributed by atoms with Gasteiger partial charge < -0.3 is 10.2 Å². The summed E-state index contributed by atoms with van der Waals surface area (Å²) in [7, 11) is 0. The largest absolute Gasteiger partial charge is 0.396 e. The second kappa shape index (κ2) is 23.1. The van der Waals surface area contributed by atoms with E-state index >= 15 is 0 Å². The molecule has 0 aliphatic carbocycles. The molecule has 1 rings (SSSR count). The molecule has 0 unspecified atom stereocenters. The maximum atomic E-state index is 11.9. The summed E-state index contributed by atoms with van der Waals surface area (Å²) in [5, 5.41) is 7.51. The standard InChI is InChI=1S/C28H54N2O2/c1-2-3-4-5-6-7-8-9-12-15-18-21-26-32-30-27-22-19-16-13-10-11-14-17-20-23-28(31)29-25-24-27/h2-26H2,1H3,(H,29,31)/b30-27+. The smallest absolute Gasteiger partial charge is 0.220 e. The summed E-state index contributed by atoms with van der Waals surface area (Å²) in [4.78, 5) is 17.6. The fourth-order valence-corrected chi connectivity index (χ4v) is 4.47. The van der Waals surface area contributed by atoms with Crippen molar-refractivity contribution in [2.45, 2.75) is 155 Å². The first-order valence-corrected chi connectivity index (χ1v) is 14.3. The Hall–Kier alpha value is -1.06. The van der Waals surface area contributed by atoms with E-state index in [-0.39, 0.29) is 5.91 Å². The molecule has 0 saturated carbocycles. The van der Waals surface area contributed by atoms with Crippen molar-refractivity contribution in [3.63, 3.8) is 0 Å². The molecule has 32 heavy (non-hydrogen) atoms. The Labute approximate surface area is 199 Å². The number of amides is 1. The lowest BCUT2D eigenvalue weighted by Crippen LogP contribution is -2.25. The summed E-state index contributed by atoms with van der Waals surface area (Å²) in [6.45, 7) is 3.71. The summed E-state index contributed by atoms with van der Waals surface area (Å²) < 4.78 is 0. The molecule has 1 saturated heterocycles. The van der Waals surface area contributed by atoms with E-state index in [1.807, 2.05) is 0 Å². The van der Waals surface area contributed by atoms with Crippen molar-refractivity contribution in [2.75, 3.05) is 13.2 Å². The van der Waals surface area contributed by atoms with Crippen molar-refractivity contribution >= 4 is 11.6 Å². The molecule has 0 aromatic heterocycles. The van der Waals surface area contributed by atoms with Crippen molar-refractivity contribution in [1.82, 2.24) is 5.32 Å². The molecule has 1 fully saturated rings. The molecule has 0 aromatic rings. The van der Waals surface area contributed by atoms with E-state index in [9.17, 15) is 4.79 Å². The molecule has 4 heteroatoms.